The maximum Gasteiger partial charge on any atom is 0.311 e. The van der Waals surface area contributed by atoms with Crippen molar-refractivity contribution in [2.45, 2.75) is 11.4 Å². The molecular formula is C9H9NO3S. The zero-order chi connectivity index (χ0) is 10.6. The Morgan fingerprint density at radius 3 is 2.86 bits per heavy atom. The van der Waals surface area contributed by atoms with Crippen molar-refractivity contribution in [2.75, 3.05) is 6.26 Å². The average Bonchev–Trinajstić information content (AvgIpc) is 2.16. The summed E-state index contributed by atoms with van der Waals surface area (Å²) in [5, 5.41) is 9.03. The molecule has 1 N–H and O–H groups in total. The van der Waals surface area contributed by atoms with Crippen LogP contribution in [-0.2, 0) is 4.79 Å². The Hall–Kier alpha value is -1.36. The highest BCUT2D eigenvalue weighted by Crippen LogP contribution is 2.18. The Kier molecular flexibility index (Phi) is 3.64. The van der Waals surface area contributed by atoms with Crippen LogP contribution in [0.2, 0.25) is 0 Å². The summed E-state index contributed by atoms with van der Waals surface area (Å²) in [5.74, 6) is -1.53. The van der Waals surface area contributed by atoms with Crippen LogP contribution in [0.4, 0.5) is 0 Å². The number of hydrogen-bond acceptors (Lipinski definition) is 4. The van der Waals surface area contributed by atoms with Crippen LogP contribution in [0.3, 0.4) is 0 Å². The van der Waals surface area contributed by atoms with Crippen molar-refractivity contribution in [3.63, 3.8) is 0 Å². The van der Waals surface area contributed by atoms with Crippen molar-refractivity contribution in [2.24, 2.45) is 0 Å². The first kappa shape index (κ1) is 10.7. The van der Waals surface area contributed by atoms with E-state index in [-0.39, 0.29) is 0 Å². The van der Waals surface area contributed by atoms with Crippen LogP contribution in [0.1, 0.15) is 16.8 Å². The lowest BCUT2D eigenvalue weighted by Gasteiger charge is -2.02. The number of nitrogens with zero attached hydrogens (tertiary/aromatic N) is 1. The lowest BCUT2D eigenvalue weighted by molar-refractivity contribution is -0.135. The Morgan fingerprint density at radius 2 is 2.29 bits per heavy atom. The molecule has 0 aliphatic carbocycles. The fraction of sp³-hybridized carbons (Fsp3) is 0.222. The minimum Gasteiger partial charge on any atom is -0.481 e. The van der Waals surface area contributed by atoms with E-state index in [9.17, 15) is 9.59 Å². The van der Waals surface area contributed by atoms with Crippen molar-refractivity contribution in [3.05, 3.63) is 23.9 Å². The normalized spacial score (nSPS) is 9.79. The van der Waals surface area contributed by atoms with Crippen LogP contribution in [0.15, 0.2) is 23.4 Å². The number of carbonyl (C=O) groups excluding carboxylic acids is 1. The molecular weight excluding hydrogens is 202 g/mol. The summed E-state index contributed by atoms with van der Waals surface area (Å²) in [6, 6.07) is 3.21. The van der Waals surface area contributed by atoms with Gasteiger partial charge in [-0.2, -0.15) is 0 Å². The van der Waals surface area contributed by atoms with Crippen molar-refractivity contribution < 1.29 is 14.7 Å². The summed E-state index contributed by atoms with van der Waals surface area (Å²) in [4.78, 5) is 25.7. The van der Waals surface area contributed by atoms with Crippen molar-refractivity contribution >= 4 is 23.5 Å². The molecule has 0 spiro atoms. The third-order valence-corrected chi connectivity index (χ3v) is 2.29. The number of hydrogen-bond donors (Lipinski definition) is 1. The van der Waals surface area contributed by atoms with Crippen molar-refractivity contribution in [1.29, 1.82) is 0 Å². The van der Waals surface area contributed by atoms with Crippen LogP contribution in [-0.4, -0.2) is 28.1 Å². The first-order chi connectivity index (χ1) is 6.65. The molecule has 0 bridgehead atoms. The maximum atomic E-state index is 11.4. The molecule has 1 heterocycles. The molecule has 1 aromatic heterocycles. The Labute approximate surface area is 85.4 Å². The average molecular weight is 211 g/mol. The number of aromatic nitrogens is 1. The highest BCUT2D eigenvalue weighted by Gasteiger charge is 2.14. The van der Waals surface area contributed by atoms with Gasteiger partial charge in [-0.05, 0) is 18.4 Å². The Bertz CT molecular complexity index is 365. The molecule has 0 atom stereocenters. The lowest BCUT2D eigenvalue weighted by atomic mass is 10.1. The van der Waals surface area contributed by atoms with E-state index in [0.29, 0.717) is 10.6 Å². The lowest BCUT2D eigenvalue weighted by Crippen LogP contribution is -2.08. The third kappa shape index (κ3) is 2.56. The van der Waals surface area contributed by atoms with E-state index in [1.165, 1.54) is 11.8 Å². The van der Waals surface area contributed by atoms with Gasteiger partial charge < -0.3 is 5.11 Å². The highest BCUT2D eigenvalue weighted by atomic mass is 32.2. The Balaban J connectivity index is 2.94. The van der Waals surface area contributed by atoms with Gasteiger partial charge in [-0.25, -0.2) is 4.98 Å². The van der Waals surface area contributed by atoms with Crippen molar-refractivity contribution in [3.8, 4) is 0 Å². The van der Waals surface area contributed by atoms with Crippen LogP contribution in [0.5, 0.6) is 0 Å². The molecule has 1 aromatic rings. The predicted molar refractivity (Wildman–Crippen MR) is 52.6 cm³/mol. The highest BCUT2D eigenvalue weighted by molar-refractivity contribution is 7.98. The van der Waals surface area contributed by atoms with E-state index in [4.69, 9.17) is 5.11 Å². The molecule has 0 unspecified atom stereocenters. The van der Waals surface area contributed by atoms with Gasteiger partial charge in [0.15, 0.2) is 5.78 Å². The molecule has 74 valence electrons. The number of carboxylic acids is 1. The molecule has 0 radical (unpaired) electrons. The van der Waals surface area contributed by atoms with E-state index in [2.05, 4.69) is 4.98 Å². The van der Waals surface area contributed by atoms with Gasteiger partial charge in [0.05, 0.1) is 5.56 Å². The van der Waals surface area contributed by atoms with E-state index in [1.54, 1.807) is 24.6 Å². The quantitative estimate of drug-likeness (QED) is 0.464. The van der Waals surface area contributed by atoms with Crippen molar-refractivity contribution in [1.82, 2.24) is 4.98 Å². The SMILES string of the molecule is CSc1ncccc1C(=O)CC(=O)O. The van der Waals surface area contributed by atoms with Gasteiger partial charge in [-0.1, -0.05) is 0 Å². The number of thioether (sulfide) groups is 1. The second-order valence-corrected chi connectivity index (χ2v) is 3.35. The van der Waals surface area contributed by atoms with Gasteiger partial charge in [-0.3, -0.25) is 9.59 Å². The molecule has 1 rings (SSSR count). The fourth-order valence-electron chi connectivity index (χ4n) is 0.998. The van der Waals surface area contributed by atoms with Crippen LogP contribution >= 0.6 is 11.8 Å². The van der Waals surface area contributed by atoms with Crippen LogP contribution in [0, 0.1) is 0 Å². The van der Waals surface area contributed by atoms with E-state index in [0.717, 1.165) is 0 Å². The summed E-state index contributed by atoms with van der Waals surface area (Å²) < 4.78 is 0. The van der Waals surface area contributed by atoms with E-state index >= 15 is 0 Å². The van der Waals surface area contributed by atoms with Gasteiger partial charge in [0.25, 0.3) is 0 Å². The zero-order valence-corrected chi connectivity index (χ0v) is 8.37. The second-order valence-electron chi connectivity index (χ2n) is 2.55. The molecule has 14 heavy (non-hydrogen) atoms. The number of pyridine rings is 1. The molecule has 0 aliphatic rings. The van der Waals surface area contributed by atoms with E-state index < -0.39 is 18.2 Å². The minimum absolute atomic E-state index is 0.377. The summed E-state index contributed by atoms with van der Waals surface area (Å²) >= 11 is 1.33. The number of rotatable bonds is 4. The largest absolute Gasteiger partial charge is 0.481 e. The van der Waals surface area contributed by atoms with Gasteiger partial charge in [0.2, 0.25) is 0 Å². The minimum atomic E-state index is -1.12. The summed E-state index contributed by atoms with van der Waals surface area (Å²) in [5.41, 5.74) is 0.377. The molecule has 0 saturated carbocycles. The van der Waals surface area contributed by atoms with Crippen LogP contribution in [0.25, 0.3) is 0 Å². The summed E-state index contributed by atoms with van der Waals surface area (Å²) in [6.45, 7) is 0. The van der Waals surface area contributed by atoms with Gasteiger partial charge in [0.1, 0.15) is 11.4 Å². The number of carboxylic acid groups (broad SMARTS) is 1. The summed E-state index contributed by atoms with van der Waals surface area (Å²) in [6.07, 6.45) is 2.88. The number of ketones is 1. The summed E-state index contributed by atoms with van der Waals surface area (Å²) in [7, 11) is 0. The number of carbonyl (C=O) groups is 2. The zero-order valence-electron chi connectivity index (χ0n) is 7.56. The monoisotopic (exact) mass is 211 g/mol. The molecule has 0 saturated heterocycles. The smallest absolute Gasteiger partial charge is 0.311 e. The van der Waals surface area contributed by atoms with Gasteiger partial charge >= 0.3 is 5.97 Å². The molecule has 4 nitrogen and oxygen atoms in total. The second kappa shape index (κ2) is 4.76. The molecule has 0 fully saturated rings. The van der Waals surface area contributed by atoms with Gasteiger partial charge in [0, 0.05) is 6.20 Å². The standard InChI is InChI=1S/C9H9NO3S/c1-14-9-6(3-2-4-10-9)7(11)5-8(12)13/h2-4H,5H2,1H3,(H,12,13). The van der Waals surface area contributed by atoms with Crippen LogP contribution < -0.4 is 0 Å². The molecule has 0 aromatic carbocycles. The number of Topliss-reactive ketones (excluding diaryl/α,β-unsaturated/α-hetero) is 1. The third-order valence-electron chi connectivity index (χ3n) is 1.58. The van der Waals surface area contributed by atoms with Gasteiger partial charge in [-0.15, -0.1) is 11.8 Å². The Morgan fingerprint density at radius 1 is 1.57 bits per heavy atom. The maximum absolute atomic E-state index is 11.4. The predicted octanol–water partition coefficient (Wildman–Crippen LogP) is 1.46. The molecule has 0 aliphatic heterocycles. The molecule has 0 amide bonds. The first-order valence-electron chi connectivity index (χ1n) is 3.89. The topological polar surface area (TPSA) is 67.3 Å². The molecule has 5 heteroatoms. The number of aliphatic carboxylic acids is 1. The van der Waals surface area contributed by atoms with E-state index in [1.807, 2.05) is 0 Å². The fourth-order valence-corrected chi connectivity index (χ4v) is 1.57. The first-order valence-corrected chi connectivity index (χ1v) is 5.11.